The predicted molar refractivity (Wildman–Crippen MR) is 122 cm³/mol. The molecule has 0 spiro atoms. The number of anilines is 1. The van der Waals surface area contributed by atoms with E-state index in [2.05, 4.69) is 5.48 Å². The monoisotopic (exact) mass is 461 g/mol. The molecule has 33 heavy (non-hydrogen) atoms. The fraction of sp³-hybridized carbons (Fsp3) is 0.435. The first-order chi connectivity index (χ1) is 15.7. The van der Waals surface area contributed by atoms with Crippen molar-refractivity contribution < 1.29 is 33.8 Å². The average Bonchev–Trinajstić information content (AvgIpc) is 2.86. The van der Waals surface area contributed by atoms with Crippen LogP contribution in [0.25, 0.3) is 11.1 Å². The Balaban J connectivity index is 2.26. The smallest absolute Gasteiger partial charge is 0.340 e. The van der Waals surface area contributed by atoms with Crippen LogP contribution in [0.1, 0.15) is 40.1 Å². The number of ether oxygens (including phenoxy) is 2. The molecule has 0 heterocycles. The number of aliphatic hydroxyl groups excluding tert-OH is 1. The van der Waals surface area contributed by atoms with Gasteiger partial charge >= 0.3 is 11.9 Å². The second-order valence-electron chi connectivity index (χ2n) is 7.60. The van der Waals surface area contributed by atoms with E-state index in [1.165, 1.54) is 0 Å². The summed E-state index contributed by atoms with van der Waals surface area (Å²) in [5, 5.41) is 9.78. The number of hydrogen-bond acceptors (Lipinski definition) is 9. The highest BCUT2D eigenvalue weighted by Crippen LogP contribution is 2.39. The van der Waals surface area contributed by atoms with Crippen molar-refractivity contribution in [3.8, 4) is 11.1 Å². The number of carbonyl (C=O) groups is 3. The highest BCUT2D eigenvalue weighted by Gasteiger charge is 2.30. The molecular formula is C23H31N3O7. The van der Waals surface area contributed by atoms with Gasteiger partial charge in [0.1, 0.15) is 6.61 Å². The molecule has 1 amide bonds. The third kappa shape index (κ3) is 6.88. The summed E-state index contributed by atoms with van der Waals surface area (Å²) in [5.41, 5.74) is 10.0. The van der Waals surface area contributed by atoms with Gasteiger partial charge in [0.05, 0.1) is 42.6 Å². The maximum Gasteiger partial charge on any atom is 0.340 e. The molecule has 180 valence electrons. The number of aliphatic hydroxyl groups is 1. The lowest BCUT2D eigenvalue weighted by Gasteiger charge is -2.15. The number of rotatable bonds is 11. The van der Waals surface area contributed by atoms with Gasteiger partial charge in [0.15, 0.2) is 0 Å². The molecule has 0 aromatic carbocycles. The molecule has 0 aromatic heterocycles. The first-order valence-electron chi connectivity index (χ1n) is 10.6. The number of fused-ring (bicyclic) bond motifs is 1. The second-order valence-corrected chi connectivity index (χ2v) is 7.60. The van der Waals surface area contributed by atoms with Crippen molar-refractivity contribution in [3.63, 3.8) is 0 Å². The van der Waals surface area contributed by atoms with Crippen LogP contribution in [0.2, 0.25) is 0 Å². The number of nitrogens with one attached hydrogen (secondary N) is 1. The quantitative estimate of drug-likeness (QED) is 0.333. The molecular weight excluding hydrogens is 430 g/mol. The number of hydrogen-bond donors (Lipinski definition) is 3. The topological polar surface area (TPSA) is 140 Å². The molecule has 2 aliphatic carbocycles. The van der Waals surface area contributed by atoms with E-state index in [1.54, 1.807) is 43.0 Å². The Morgan fingerprint density at radius 3 is 1.97 bits per heavy atom. The third-order valence-corrected chi connectivity index (χ3v) is 4.66. The van der Waals surface area contributed by atoms with Crippen LogP contribution in [0.15, 0.2) is 24.3 Å². The summed E-state index contributed by atoms with van der Waals surface area (Å²) in [4.78, 5) is 44.1. The number of amides is 1. The molecule has 0 aromatic rings. The van der Waals surface area contributed by atoms with Crippen LogP contribution in [0, 0.1) is 0 Å². The summed E-state index contributed by atoms with van der Waals surface area (Å²) >= 11 is 0. The Labute approximate surface area is 192 Å². The summed E-state index contributed by atoms with van der Waals surface area (Å²) in [5.74, 6) is -1.72. The fourth-order valence-electron chi connectivity index (χ4n) is 3.35. The Hall–Kier alpha value is -3.21. The van der Waals surface area contributed by atoms with Crippen LogP contribution < -0.4 is 11.2 Å². The summed E-state index contributed by atoms with van der Waals surface area (Å²) in [6.07, 6.45) is -0.770. The van der Waals surface area contributed by atoms with Crippen LogP contribution in [0.3, 0.4) is 0 Å². The fourth-order valence-corrected chi connectivity index (χ4v) is 3.35. The minimum atomic E-state index is -0.742. The van der Waals surface area contributed by atoms with E-state index in [-0.39, 0.29) is 43.1 Å². The van der Waals surface area contributed by atoms with E-state index < -0.39 is 23.9 Å². The third-order valence-electron chi connectivity index (χ3n) is 4.66. The molecule has 1 unspecified atom stereocenters. The standard InChI is InChI=1S/C23H31N3O7/c1-5-31-22(29)19-16-9-7-14(11-18(28)25-33-13-15(27)12-26(3)4)8-10-17(16)20(21(19)24)23(30)32-6-2/h7-10,15,27H,5-6,11-13,24H2,1-4H3,(H,25,28). The van der Waals surface area contributed by atoms with Crippen LogP contribution in [0.5, 0.6) is 0 Å². The number of esters is 2. The molecule has 1 atom stereocenters. The Morgan fingerprint density at radius 1 is 1.00 bits per heavy atom. The zero-order valence-corrected chi connectivity index (χ0v) is 19.3. The molecule has 0 saturated carbocycles. The molecule has 0 aliphatic heterocycles. The maximum absolute atomic E-state index is 12.5. The van der Waals surface area contributed by atoms with E-state index in [0.29, 0.717) is 23.2 Å². The molecule has 0 radical (unpaired) electrons. The van der Waals surface area contributed by atoms with Gasteiger partial charge in [0.2, 0.25) is 5.91 Å². The molecule has 0 bridgehead atoms. The first kappa shape index (κ1) is 26.0. The zero-order valence-electron chi connectivity index (χ0n) is 19.3. The molecule has 2 aliphatic rings. The Kier molecular flexibility index (Phi) is 9.58. The highest BCUT2D eigenvalue weighted by atomic mass is 16.7. The van der Waals surface area contributed by atoms with E-state index >= 15 is 0 Å². The number of likely N-dealkylation sites (N-methyl/N-ethyl adjacent to an activating group) is 1. The van der Waals surface area contributed by atoms with Gasteiger partial charge in [0, 0.05) is 6.54 Å². The van der Waals surface area contributed by atoms with Crippen LogP contribution >= 0.6 is 0 Å². The normalized spacial score (nSPS) is 11.9. The van der Waals surface area contributed by atoms with E-state index in [1.807, 2.05) is 14.1 Å². The Morgan fingerprint density at radius 2 is 1.52 bits per heavy atom. The molecule has 4 N–H and O–H groups in total. The van der Waals surface area contributed by atoms with Gasteiger partial charge in [-0.05, 0) is 44.6 Å². The predicted octanol–water partition coefficient (Wildman–Crippen LogP) is 1.24. The number of hydroxylamine groups is 1. The number of carbonyl (C=O) groups excluding carboxylic acids is 3. The summed E-state index contributed by atoms with van der Waals surface area (Å²) in [6.45, 7) is 3.98. The molecule has 0 saturated heterocycles. The summed E-state index contributed by atoms with van der Waals surface area (Å²) in [7, 11) is 3.63. The van der Waals surface area contributed by atoms with Gasteiger partial charge in [-0.3, -0.25) is 9.63 Å². The zero-order chi connectivity index (χ0) is 24.5. The first-order valence-corrected chi connectivity index (χ1v) is 10.6. The van der Waals surface area contributed by atoms with Gasteiger partial charge in [-0.2, -0.15) is 0 Å². The van der Waals surface area contributed by atoms with E-state index in [0.717, 1.165) is 0 Å². The van der Waals surface area contributed by atoms with Crippen molar-refractivity contribution in [3.05, 3.63) is 41.0 Å². The van der Waals surface area contributed by atoms with Crippen molar-refractivity contribution >= 4 is 23.5 Å². The SMILES string of the molecule is CCOC(=O)c1c2ccc(CC(=O)NOCC(O)CN(C)C)ccc-2c(C(=O)OCC)c1N. The molecule has 0 fully saturated rings. The number of nitrogen functional groups attached to an aromatic ring is 1. The van der Waals surface area contributed by atoms with Crippen molar-refractivity contribution in [1.82, 2.24) is 10.4 Å². The van der Waals surface area contributed by atoms with Crippen LogP contribution in [0.4, 0.5) is 5.69 Å². The lowest BCUT2D eigenvalue weighted by atomic mass is 10.1. The van der Waals surface area contributed by atoms with Gasteiger partial charge < -0.3 is 25.2 Å². The second kappa shape index (κ2) is 12.1. The van der Waals surface area contributed by atoms with Gasteiger partial charge in [-0.25, -0.2) is 15.1 Å². The minimum Gasteiger partial charge on any atom is -0.462 e. The highest BCUT2D eigenvalue weighted by molar-refractivity contribution is 6.15. The minimum absolute atomic E-state index is 0.00271. The van der Waals surface area contributed by atoms with Gasteiger partial charge in [0.25, 0.3) is 0 Å². The largest absolute Gasteiger partial charge is 0.462 e. The number of nitrogens with zero attached hydrogens (tertiary/aromatic N) is 1. The molecule has 10 nitrogen and oxygen atoms in total. The average molecular weight is 462 g/mol. The summed E-state index contributed by atoms with van der Waals surface area (Å²) < 4.78 is 10.2. The van der Waals surface area contributed by atoms with Gasteiger partial charge in [-0.15, -0.1) is 0 Å². The number of nitrogens with two attached hydrogens (primary N) is 1. The van der Waals surface area contributed by atoms with E-state index in [4.69, 9.17) is 20.0 Å². The van der Waals surface area contributed by atoms with E-state index in [9.17, 15) is 19.5 Å². The lowest BCUT2D eigenvalue weighted by Crippen LogP contribution is -2.34. The molecule has 2 rings (SSSR count). The van der Waals surface area contributed by atoms with Crippen molar-refractivity contribution in [2.75, 3.05) is 46.2 Å². The maximum atomic E-state index is 12.5. The van der Waals surface area contributed by atoms with Crippen molar-refractivity contribution in [2.45, 2.75) is 26.4 Å². The molecule has 10 heteroatoms. The van der Waals surface area contributed by atoms with Crippen molar-refractivity contribution in [1.29, 1.82) is 0 Å². The van der Waals surface area contributed by atoms with Crippen LogP contribution in [-0.2, 0) is 25.5 Å². The van der Waals surface area contributed by atoms with Crippen LogP contribution in [-0.4, -0.2) is 74.4 Å². The van der Waals surface area contributed by atoms with Crippen molar-refractivity contribution in [2.24, 2.45) is 0 Å². The summed E-state index contributed by atoms with van der Waals surface area (Å²) in [6, 6.07) is 6.54. The van der Waals surface area contributed by atoms with Gasteiger partial charge in [-0.1, -0.05) is 24.3 Å². The lowest BCUT2D eigenvalue weighted by molar-refractivity contribution is -0.135. The Bertz CT molecular complexity index is 906.